The molecule has 100 valence electrons. The third-order valence-electron chi connectivity index (χ3n) is 2.88. The van der Waals surface area contributed by atoms with Gasteiger partial charge in [-0.15, -0.1) is 0 Å². The van der Waals surface area contributed by atoms with Gasteiger partial charge in [-0.05, 0) is 19.1 Å². The molecule has 0 spiro atoms. The number of benzene rings is 1. The summed E-state index contributed by atoms with van der Waals surface area (Å²) in [5.74, 6) is 0. The lowest BCUT2D eigenvalue weighted by Crippen LogP contribution is -2.36. The van der Waals surface area contributed by atoms with E-state index in [-0.39, 0.29) is 5.15 Å². The number of hydrogen-bond acceptors (Lipinski definition) is 3. The number of hydrogen-bond donors (Lipinski definition) is 1. The van der Waals surface area contributed by atoms with Crippen LogP contribution in [0.2, 0.25) is 5.15 Å². The number of H-pyrrole nitrogens is 1. The highest BCUT2D eigenvalue weighted by molar-refractivity contribution is 6.30. The summed E-state index contributed by atoms with van der Waals surface area (Å²) < 4.78 is 1.09. The van der Waals surface area contributed by atoms with Crippen LogP contribution in [0.4, 0.5) is 5.69 Å². The molecule has 19 heavy (non-hydrogen) atoms. The standard InChI is InChI=1S/C13H14ClN3O2/c1-8-11(14)15-13(19)17(12(8)18)10-7-5-4-6-9(10)16(2)3/h4-7H,1-3H3,(H,15,19). The average Bonchev–Trinajstić information content (AvgIpc) is 2.36. The lowest BCUT2D eigenvalue weighted by Gasteiger charge is -2.18. The predicted molar refractivity (Wildman–Crippen MR) is 76.7 cm³/mol. The number of nitrogens with zero attached hydrogens (tertiary/aromatic N) is 2. The van der Waals surface area contributed by atoms with E-state index in [4.69, 9.17) is 11.6 Å². The molecule has 1 aromatic heterocycles. The molecule has 6 heteroatoms. The molecule has 0 atom stereocenters. The summed E-state index contributed by atoms with van der Waals surface area (Å²) in [5.41, 5.74) is 0.656. The number of halogens is 1. The molecule has 0 bridgehead atoms. The fraction of sp³-hybridized carbons (Fsp3) is 0.231. The average molecular weight is 280 g/mol. The first-order valence-electron chi connectivity index (χ1n) is 5.71. The van der Waals surface area contributed by atoms with Crippen molar-refractivity contribution in [2.24, 2.45) is 0 Å². The summed E-state index contributed by atoms with van der Waals surface area (Å²) in [7, 11) is 3.70. The van der Waals surface area contributed by atoms with E-state index in [1.54, 1.807) is 19.1 Å². The van der Waals surface area contributed by atoms with E-state index in [9.17, 15) is 9.59 Å². The normalized spacial score (nSPS) is 10.5. The second-order valence-corrected chi connectivity index (χ2v) is 4.77. The molecule has 0 unspecified atom stereocenters. The van der Waals surface area contributed by atoms with Gasteiger partial charge in [-0.3, -0.25) is 9.78 Å². The summed E-state index contributed by atoms with van der Waals surface area (Å²) in [4.78, 5) is 28.5. The van der Waals surface area contributed by atoms with Crippen LogP contribution in [-0.4, -0.2) is 23.6 Å². The van der Waals surface area contributed by atoms with Crippen LogP contribution >= 0.6 is 11.6 Å². The number of aromatic amines is 1. The molecule has 0 aliphatic carbocycles. The van der Waals surface area contributed by atoms with Crippen molar-refractivity contribution in [1.29, 1.82) is 0 Å². The molecule has 0 saturated heterocycles. The Balaban J connectivity index is 2.85. The minimum absolute atomic E-state index is 0.0774. The van der Waals surface area contributed by atoms with E-state index in [2.05, 4.69) is 4.98 Å². The number of anilines is 1. The van der Waals surface area contributed by atoms with Crippen molar-refractivity contribution in [2.75, 3.05) is 19.0 Å². The van der Waals surface area contributed by atoms with Gasteiger partial charge in [-0.2, -0.15) is 0 Å². The number of nitrogens with one attached hydrogen (secondary N) is 1. The van der Waals surface area contributed by atoms with Gasteiger partial charge in [-0.1, -0.05) is 23.7 Å². The highest BCUT2D eigenvalue weighted by Gasteiger charge is 2.14. The first-order valence-corrected chi connectivity index (χ1v) is 6.09. The molecule has 0 fully saturated rings. The Bertz CT molecular complexity index is 731. The number of aromatic nitrogens is 2. The van der Waals surface area contributed by atoms with E-state index < -0.39 is 11.2 Å². The van der Waals surface area contributed by atoms with Gasteiger partial charge in [0.25, 0.3) is 5.56 Å². The highest BCUT2D eigenvalue weighted by Crippen LogP contribution is 2.20. The maximum absolute atomic E-state index is 12.2. The highest BCUT2D eigenvalue weighted by atomic mass is 35.5. The molecular weight excluding hydrogens is 266 g/mol. The smallest absolute Gasteiger partial charge is 0.334 e. The number of rotatable bonds is 2. The molecule has 0 amide bonds. The molecular formula is C13H14ClN3O2. The van der Waals surface area contributed by atoms with E-state index >= 15 is 0 Å². The second-order valence-electron chi connectivity index (χ2n) is 4.39. The van der Waals surface area contributed by atoms with Crippen LogP contribution in [0.1, 0.15) is 5.56 Å². The summed E-state index contributed by atoms with van der Waals surface area (Å²) >= 11 is 5.80. The van der Waals surface area contributed by atoms with Crippen LogP contribution in [0.15, 0.2) is 33.9 Å². The fourth-order valence-electron chi connectivity index (χ4n) is 1.85. The first kappa shape index (κ1) is 13.4. The Morgan fingerprint density at radius 1 is 1.21 bits per heavy atom. The van der Waals surface area contributed by atoms with Crippen molar-refractivity contribution in [3.05, 3.63) is 55.8 Å². The van der Waals surface area contributed by atoms with Crippen LogP contribution in [0.5, 0.6) is 0 Å². The third-order valence-corrected chi connectivity index (χ3v) is 3.26. The van der Waals surface area contributed by atoms with Crippen molar-refractivity contribution < 1.29 is 0 Å². The Morgan fingerprint density at radius 2 is 1.84 bits per heavy atom. The third kappa shape index (κ3) is 2.29. The Labute approximate surface area is 115 Å². The number of para-hydroxylation sites is 2. The maximum atomic E-state index is 12.2. The van der Waals surface area contributed by atoms with Crippen molar-refractivity contribution in [3.8, 4) is 5.69 Å². The summed E-state index contributed by atoms with van der Waals surface area (Å²) in [5, 5.41) is 0.0774. The predicted octanol–water partition coefficient (Wildman–Crippen LogP) is 1.55. The van der Waals surface area contributed by atoms with Crippen LogP contribution in [-0.2, 0) is 0 Å². The van der Waals surface area contributed by atoms with Crippen LogP contribution in [0.25, 0.3) is 5.69 Å². The SMILES string of the molecule is Cc1c(Cl)[nH]c(=O)n(-c2ccccc2N(C)C)c1=O. The summed E-state index contributed by atoms with van der Waals surface area (Å²) in [6.45, 7) is 1.58. The molecule has 5 nitrogen and oxygen atoms in total. The van der Waals surface area contributed by atoms with Gasteiger partial charge in [0.1, 0.15) is 5.15 Å². The Morgan fingerprint density at radius 3 is 2.47 bits per heavy atom. The van der Waals surface area contributed by atoms with E-state index in [0.29, 0.717) is 11.3 Å². The molecule has 1 N–H and O–H groups in total. The Hall–Kier alpha value is -2.01. The topological polar surface area (TPSA) is 58.1 Å². The monoisotopic (exact) mass is 279 g/mol. The summed E-state index contributed by atoms with van der Waals surface area (Å²) in [6, 6.07) is 7.18. The maximum Gasteiger partial charge on any atom is 0.334 e. The van der Waals surface area contributed by atoms with Gasteiger partial charge in [0.2, 0.25) is 0 Å². The lowest BCUT2D eigenvalue weighted by molar-refractivity contribution is 0.855. The molecule has 2 rings (SSSR count). The van der Waals surface area contributed by atoms with Crippen molar-refractivity contribution in [1.82, 2.24) is 9.55 Å². The van der Waals surface area contributed by atoms with Crippen molar-refractivity contribution >= 4 is 17.3 Å². The van der Waals surface area contributed by atoms with Crippen LogP contribution < -0.4 is 16.1 Å². The largest absolute Gasteiger partial charge is 0.376 e. The van der Waals surface area contributed by atoms with Crippen molar-refractivity contribution in [2.45, 2.75) is 6.92 Å². The van der Waals surface area contributed by atoms with E-state index in [0.717, 1.165) is 10.3 Å². The van der Waals surface area contributed by atoms with Gasteiger partial charge in [0.15, 0.2) is 0 Å². The van der Waals surface area contributed by atoms with Gasteiger partial charge < -0.3 is 4.90 Å². The first-order chi connectivity index (χ1) is 8.93. The van der Waals surface area contributed by atoms with Gasteiger partial charge in [0.05, 0.1) is 16.9 Å². The molecule has 2 aromatic rings. The van der Waals surface area contributed by atoms with Gasteiger partial charge >= 0.3 is 5.69 Å². The molecule has 0 radical (unpaired) electrons. The minimum atomic E-state index is -0.546. The zero-order valence-electron chi connectivity index (χ0n) is 10.9. The van der Waals surface area contributed by atoms with E-state index in [1.165, 1.54) is 0 Å². The fourth-order valence-corrected chi connectivity index (χ4v) is 2.01. The Kier molecular flexibility index (Phi) is 3.48. The minimum Gasteiger partial charge on any atom is -0.376 e. The van der Waals surface area contributed by atoms with E-state index in [1.807, 2.05) is 31.1 Å². The lowest BCUT2D eigenvalue weighted by atomic mass is 10.2. The zero-order valence-corrected chi connectivity index (χ0v) is 11.7. The molecule has 0 aliphatic rings. The summed E-state index contributed by atoms with van der Waals surface area (Å²) in [6.07, 6.45) is 0. The van der Waals surface area contributed by atoms with Gasteiger partial charge in [-0.25, -0.2) is 9.36 Å². The second kappa shape index (κ2) is 4.93. The van der Waals surface area contributed by atoms with Crippen molar-refractivity contribution in [3.63, 3.8) is 0 Å². The molecule has 1 heterocycles. The molecule has 0 aliphatic heterocycles. The zero-order chi connectivity index (χ0) is 14.2. The quantitative estimate of drug-likeness (QED) is 0.849. The molecule has 0 saturated carbocycles. The van der Waals surface area contributed by atoms with Gasteiger partial charge in [0, 0.05) is 14.1 Å². The molecule has 1 aromatic carbocycles. The van der Waals surface area contributed by atoms with Crippen LogP contribution in [0.3, 0.4) is 0 Å². The van der Waals surface area contributed by atoms with Crippen LogP contribution in [0, 0.1) is 6.92 Å².